The Balaban J connectivity index is 2.24. The number of hydrogen-bond acceptors (Lipinski definition) is 6. The molecule has 0 saturated carbocycles. The Bertz CT molecular complexity index is 1030. The van der Waals surface area contributed by atoms with Gasteiger partial charge in [-0.15, -0.1) is 0 Å². The first kappa shape index (κ1) is 18.9. The van der Waals surface area contributed by atoms with Crippen LogP contribution >= 0.6 is 0 Å². The Kier molecular flexibility index (Phi) is 5.27. The third-order valence-corrected chi connectivity index (χ3v) is 4.31. The number of nitrogens with zero attached hydrogens (tertiary/aromatic N) is 3. The fourth-order valence-electron chi connectivity index (χ4n) is 3.12. The summed E-state index contributed by atoms with van der Waals surface area (Å²) in [4.78, 5) is 23.3. The molecule has 142 valence electrons. The number of carbonyl (C=O) groups excluding carboxylic acids is 1. The van der Waals surface area contributed by atoms with Crippen molar-refractivity contribution in [3.63, 3.8) is 0 Å². The molecular weight excluding hydrogens is 362 g/mol. The average molecular weight is 379 g/mol. The molecule has 2 heterocycles. The second-order valence-electron chi connectivity index (χ2n) is 6.00. The normalized spacial score (nSPS) is 16.4. The van der Waals surface area contributed by atoms with Gasteiger partial charge in [-0.25, -0.2) is 4.79 Å². The van der Waals surface area contributed by atoms with Crippen molar-refractivity contribution in [1.29, 1.82) is 5.26 Å². The summed E-state index contributed by atoms with van der Waals surface area (Å²) < 4.78 is 12.6. The van der Waals surface area contributed by atoms with E-state index in [1.165, 1.54) is 18.2 Å². The van der Waals surface area contributed by atoms with Gasteiger partial charge in [0.2, 0.25) is 5.88 Å². The van der Waals surface area contributed by atoms with Crippen molar-refractivity contribution in [3.05, 3.63) is 81.4 Å². The van der Waals surface area contributed by atoms with Gasteiger partial charge in [-0.2, -0.15) is 5.26 Å². The lowest BCUT2D eigenvalue weighted by Crippen LogP contribution is -2.24. The van der Waals surface area contributed by atoms with Crippen molar-refractivity contribution in [3.8, 4) is 6.07 Å². The van der Waals surface area contributed by atoms with Gasteiger partial charge >= 0.3 is 5.97 Å². The molecule has 1 aliphatic heterocycles. The van der Waals surface area contributed by atoms with Crippen LogP contribution in [0.3, 0.4) is 0 Å². The van der Waals surface area contributed by atoms with Gasteiger partial charge in [-0.05, 0) is 31.5 Å². The maximum Gasteiger partial charge on any atom is 0.338 e. The van der Waals surface area contributed by atoms with E-state index >= 15 is 0 Å². The minimum atomic E-state index is -0.852. The van der Waals surface area contributed by atoms with Gasteiger partial charge < -0.3 is 9.47 Å². The fraction of sp³-hybridized carbons (Fsp3) is 0.200. The summed E-state index contributed by atoms with van der Waals surface area (Å²) in [5.74, 6) is -0.960. The van der Waals surface area contributed by atoms with Crippen LogP contribution in [0.4, 0.5) is 5.69 Å². The van der Waals surface area contributed by atoms with E-state index in [1.54, 1.807) is 49.0 Å². The molecule has 0 spiro atoms. The van der Waals surface area contributed by atoms with E-state index in [4.69, 9.17) is 9.47 Å². The van der Waals surface area contributed by atoms with Crippen LogP contribution in [0, 0.1) is 21.4 Å². The van der Waals surface area contributed by atoms with E-state index in [1.807, 2.05) is 0 Å². The van der Waals surface area contributed by atoms with Crippen molar-refractivity contribution in [2.24, 2.45) is 0 Å². The Labute approximate surface area is 161 Å². The van der Waals surface area contributed by atoms with Crippen LogP contribution in [0.5, 0.6) is 0 Å². The van der Waals surface area contributed by atoms with E-state index < -0.39 is 16.8 Å². The Morgan fingerprint density at radius 1 is 1.36 bits per heavy atom. The summed E-state index contributed by atoms with van der Waals surface area (Å²) in [6, 6.07) is 11.5. The van der Waals surface area contributed by atoms with Crippen LogP contribution < -0.4 is 0 Å². The number of nitro benzene ring substituents is 1. The van der Waals surface area contributed by atoms with Gasteiger partial charge in [0, 0.05) is 24.5 Å². The zero-order valence-electron chi connectivity index (χ0n) is 15.3. The Morgan fingerprint density at radius 2 is 2.07 bits per heavy atom. The molecule has 0 unspecified atom stereocenters. The maximum atomic E-state index is 12.6. The van der Waals surface area contributed by atoms with Crippen molar-refractivity contribution < 1.29 is 19.2 Å². The number of non-ortho nitro benzene ring substituents is 1. The summed E-state index contributed by atoms with van der Waals surface area (Å²) in [5.41, 5.74) is 0.603. The highest BCUT2D eigenvalue weighted by Gasteiger charge is 2.38. The molecule has 1 aliphatic rings. The van der Waals surface area contributed by atoms with Crippen molar-refractivity contribution in [2.45, 2.75) is 19.8 Å². The minimum Gasteiger partial charge on any atom is -0.463 e. The highest BCUT2D eigenvalue weighted by Crippen LogP contribution is 2.42. The summed E-state index contributed by atoms with van der Waals surface area (Å²) in [6.45, 7) is 3.42. The summed E-state index contributed by atoms with van der Waals surface area (Å²) in [6.07, 6.45) is 3.42. The Hall–Kier alpha value is -3.86. The summed E-state index contributed by atoms with van der Waals surface area (Å²) in [5, 5.41) is 21.1. The maximum absolute atomic E-state index is 12.6. The lowest BCUT2D eigenvalue weighted by atomic mass is 9.83. The standard InChI is InChI=1S/C20H17N3O5/c1-3-27-20(24)17-13(2)28-19(22-9-4-5-10-22)16(12-21)18(17)14-7-6-8-15(11-14)23(25)26/h4-11,18H,3H2,1-2H3/t18-/m1/s1. The van der Waals surface area contributed by atoms with Crippen LogP contribution in [0.2, 0.25) is 0 Å². The fourth-order valence-corrected chi connectivity index (χ4v) is 3.12. The van der Waals surface area contributed by atoms with Crippen molar-refractivity contribution in [1.82, 2.24) is 4.57 Å². The molecule has 1 atom stereocenters. The van der Waals surface area contributed by atoms with Gasteiger partial charge in [0.05, 0.1) is 23.0 Å². The predicted molar refractivity (Wildman–Crippen MR) is 99.5 cm³/mol. The number of carbonyl (C=O) groups is 1. The third kappa shape index (κ3) is 3.38. The second kappa shape index (κ2) is 7.80. The number of hydrogen-bond donors (Lipinski definition) is 0. The van der Waals surface area contributed by atoms with E-state index in [0.717, 1.165) is 0 Å². The number of aromatic nitrogens is 1. The van der Waals surface area contributed by atoms with E-state index in [9.17, 15) is 20.2 Å². The number of rotatable bonds is 5. The molecule has 8 nitrogen and oxygen atoms in total. The van der Waals surface area contributed by atoms with Gasteiger partial charge in [0.1, 0.15) is 17.4 Å². The molecule has 28 heavy (non-hydrogen) atoms. The third-order valence-electron chi connectivity index (χ3n) is 4.31. The molecule has 0 amide bonds. The van der Waals surface area contributed by atoms with E-state index in [2.05, 4.69) is 6.07 Å². The highest BCUT2D eigenvalue weighted by atomic mass is 16.6. The smallest absolute Gasteiger partial charge is 0.338 e. The Morgan fingerprint density at radius 3 is 2.68 bits per heavy atom. The van der Waals surface area contributed by atoms with Gasteiger partial charge in [-0.1, -0.05) is 12.1 Å². The summed E-state index contributed by atoms with van der Waals surface area (Å²) >= 11 is 0. The lowest BCUT2D eigenvalue weighted by molar-refractivity contribution is -0.384. The van der Waals surface area contributed by atoms with Gasteiger partial charge in [0.25, 0.3) is 5.69 Å². The quantitative estimate of drug-likeness (QED) is 0.445. The molecule has 0 N–H and O–H groups in total. The summed E-state index contributed by atoms with van der Waals surface area (Å²) in [7, 11) is 0. The topological polar surface area (TPSA) is 107 Å². The number of ether oxygens (including phenoxy) is 2. The molecule has 0 fully saturated rings. The molecule has 0 bridgehead atoms. The van der Waals surface area contributed by atoms with E-state index in [-0.39, 0.29) is 35.1 Å². The van der Waals surface area contributed by atoms with Crippen LogP contribution in [0.1, 0.15) is 25.3 Å². The minimum absolute atomic E-state index is 0.135. The SMILES string of the molecule is CCOC(=O)C1=C(C)OC(n2cccc2)=C(C#N)[C@H]1c1cccc([N+](=O)[O-])c1. The zero-order chi connectivity index (χ0) is 20.3. The van der Waals surface area contributed by atoms with Gasteiger partial charge in [-0.3, -0.25) is 14.7 Å². The lowest BCUT2D eigenvalue weighted by Gasteiger charge is -2.28. The van der Waals surface area contributed by atoms with Gasteiger partial charge in [0.15, 0.2) is 0 Å². The molecular formula is C20H17N3O5. The molecule has 0 aliphatic carbocycles. The van der Waals surface area contributed by atoms with Crippen LogP contribution in [-0.2, 0) is 14.3 Å². The molecule has 0 radical (unpaired) electrons. The molecule has 8 heteroatoms. The first-order chi connectivity index (χ1) is 13.5. The zero-order valence-corrected chi connectivity index (χ0v) is 15.3. The largest absolute Gasteiger partial charge is 0.463 e. The number of esters is 1. The molecule has 1 aromatic carbocycles. The predicted octanol–water partition coefficient (Wildman–Crippen LogP) is 3.74. The second-order valence-corrected chi connectivity index (χ2v) is 6.00. The number of allylic oxidation sites excluding steroid dienone is 2. The number of nitriles is 1. The van der Waals surface area contributed by atoms with Crippen molar-refractivity contribution >= 4 is 17.5 Å². The molecule has 2 aromatic rings. The van der Waals surface area contributed by atoms with Crippen LogP contribution in [0.25, 0.3) is 5.88 Å². The molecule has 1 aromatic heterocycles. The van der Waals surface area contributed by atoms with Crippen LogP contribution in [-0.4, -0.2) is 22.1 Å². The highest BCUT2D eigenvalue weighted by molar-refractivity contribution is 5.93. The van der Waals surface area contributed by atoms with Crippen LogP contribution in [0.15, 0.2) is 65.7 Å². The average Bonchev–Trinajstić information content (AvgIpc) is 3.21. The number of nitro groups is 1. The monoisotopic (exact) mass is 379 g/mol. The molecule has 3 rings (SSSR count). The number of benzene rings is 1. The van der Waals surface area contributed by atoms with Crippen molar-refractivity contribution in [2.75, 3.05) is 6.61 Å². The molecule has 0 saturated heterocycles. The van der Waals surface area contributed by atoms with E-state index in [0.29, 0.717) is 5.56 Å². The first-order valence-corrected chi connectivity index (χ1v) is 8.55. The first-order valence-electron chi connectivity index (χ1n) is 8.55.